The van der Waals surface area contributed by atoms with Gasteiger partial charge in [0.2, 0.25) is 0 Å². The summed E-state index contributed by atoms with van der Waals surface area (Å²) in [7, 11) is 0. The lowest BCUT2D eigenvalue weighted by molar-refractivity contribution is -0.136. The molecule has 0 aliphatic carbocycles. The number of carboxylic acid groups (broad SMARTS) is 1. The third-order valence-corrected chi connectivity index (χ3v) is 2.84. The van der Waals surface area contributed by atoms with Crippen LogP contribution in [0.5, 0.6) is 0 Å². The smallest absolute Gasteiger partial charge is 0.307 e. The zero-order valence-electron chi connectivity index (χ0n) is 8.79. The lowest BCUT2D eigenvalue weighted by atomic mass is 9.98. The number of carboxylic acids is 1. The summed E-state index contributed by atoms with van der Waals surface area (Å²) >= 11 is 3.38. The Kier molecular flexibility index (Phi) is 4.82. The monoisotopic (exact) mass is 270 g/mol. The van der Waals surface area contributed by atoms with Crippen molar-refractivity contribution in [1.29, 1.82) is 0 Å². The van der Waals surface area contributed by atoms with Gasteiger partial charge in [0.05, 0.1) is 6.42 Å². The van der Waals surface area contributed by atoms with Crippen LogP contribution < -0.4 is 0 Å². The van der Waals surface area contributed by atoms with Gasteiger partial charge in [0, 0.05) is 5.33 Å². The number of hydrogen-bond donors (Lipinski definition) is 1. The molecule has 0 aliphatic heterocycles. The maximum Gasteiger partial charge on any atom is 0.307 e. The molecule has 82 valence electrons. The Morgan fingerprint density at radius 2 is 2.13 bits per heavy atom. The van der Waals surface area contributed by atoms with Crippen LogP contribution in [0.4, 0.5) is 0 Å². The van der Waals surface area contributed by atoms with Gasteiger partial charge in [-0.2, -0.15) is 0 Å². The van der Waals surface area contributed by atoms with Crippen molar-refractivity contribution in [2.24, 2.45) is 0 Å². The van der Waals surface area contributed by atoms with E-state index in [4.69, 9.17) is 5.11 Å². The van der Waals surface area contributed by atoms with E-state index in [-0.39, 0.29) is 6.42 Å². The highest BCUT2D eigenvalue weighted by atomic mass is 79.9. The van der Waals surface area contributed by atoms with Gasteiger partial charge in [0.15, 0.2) is 0 Å². The minimum atomic E-state index is -0.763. The van der Waals surface area contributed by atoms with Gasteiger partial charge >= 0.3 is 5.97 Å². The van der Waals surface area contributed by atoms with Crippen molar-refractivity contribution in [2.75, 3.05) is 5.33 Å². The van der Waals surface area contributed by atoms with Crippen LogP contribution in [0.2, 0.25) is 0 Å². The highest BCUT2D eigenvalue weighted by Gasteiger charge is 2.06. The second-order valence-electron chi connectivity index (χ2n) is 3.64. The van der Waals surface area contributed by atoms with Crippen molar-refractivity contribution in [3.8, 4) is 0 Å². The van der Waals surface area contributed by atoms with Gasteiger partial charge in [-0.15, -0.1) is 0 Å². The molecule has 15 heavy (non-hydrogen) atoms. The second kappa shape index (κ2) is 5.91. The van der Waals surface area contributed by atoms with Crippen LogP contribution in [0.15, 0.2) is 18.2 Å². The zero-order chi connectivity index (χ0) is 11.3. The highest BCUT2D eigenvalue weighted by molar-refractivity contribution is 9.09. The Bertz CT molecular complexity index is 347. The van der Waals surface area contributed by atoms with Crippen LogP contribution in [-0.4, -0.2) is 16.4 Å². The lowest BCUT2D eigenvalue weighted by Crippen LogP contribution is -2.04. The van der Waals surface area contributed by atoms with Crippen molar-refractivity contribution in [3.63, 3.8) is 0 Å². The molecule has 0 spiro atoms. The minimum absolute atomic E-state index is 0.124. The number of aliphatic carboxylic acids is 1. The topological polar surface area (TPSA) is 37.3 Å². The molecule has 0 fully saturated rings. The van der Waals surface area contributed by atoms with E-state index in [2.05, 4.69) is 15.9 Å². The summed E-state index contributed by atoms with van der Waals surface area (Å²) in [6, 6.07) is 6.04. The van der Waals surface area contributed by atoms with E-state index >= 15 is 0 Å². The number of rotatable bonds is 5. The average molecular weight is 271 g/mol. The highest BCUT2D eigenvalue weighted by Crippen LogP contribution is 2.15. The lowest BCUT2D eigenvalue weighted by Gasteiger charge is -2.08. The Morgan fingerprint density at radius 1 is 1.40 bits per heavy atom. The van der Waals surface area contributed by atoms with E-state index in [1.807, 2.05) is 25.1 Å². The molecule has 0 atom stereocenters. The summed E-state index contributed by atoms with van der Waals surface area (Å²) in [6.07, 6.45) is 2.10. The SMILES string of the molecule is Cc1ccc(CCCBr)c(CC(=O)O)c1. The molecular weight excluding hydrogens is 256 g/mol. The number of halogens is 1. The molecule has 0 saturated carbocycles. The van der Waals surface area contributed by atoms with Crippen LogP contribution in [0.25, 0.3) is 0 Å². The molecule has 0 heterocycles. The molecule has 0 radical (unpaired) electrons. The Hall–Kier alpha value is -0.830. The number of hydrogen-bond acceptors (Lipinski definition) is 1. The largest absolute Gasteiger partial charge is 0.481 e. The molecule has 0 aromatic heterocycles. The molecule has 2 nitrogen and oxygen atoms in total. The van der Waals surface area contributed by atoms with Gasteiger partial charge < -0.3 is 5.11 Å². The number of benzene rings is 1. The Labute approximate surface area is 98.4 Å². The first-order chi connectivity index (χ1) is 7.13. The van der Waals surface area contributed by atoms with Crippen LogP contribution in [-0.2, 0) is 17.6 Å². The summed E-state index contributed by atoms with van der Waals surface area (Å²) in [5.74, 6) is -0.763. The van der Waals surface area contributed by atoms with Crippen LogP contribution >= 0.6 is 15.9 Å². The van der Waals surface area contributed by atoms with Crippen LogP contribution in [0, 0.1) is 6.92 Å². The molecule has 0 unspecified atom stereocenters. The van der Waals surface area contributed by atoms with Gasteiger partial charge in [0.25, 0.3) is 0 Å². The number of carbonyl (C=O) groups is 1. The Morgan fingerprint density at radius 3 is 2.73 bits per heavy atom. The molecule has 0 amide bonds. The fraction of sp³-hybridized carbons (Fsp3) is 0.417. The van der Waals surface area contributed by atoms with Crippen molar-refractivity contribution < 1.29 is 9.90 Å². The van der Waals surface area contributed by atoms with Crippen molar-refractivity contribution >= 4 is 21.9 Å². The van der Waals surface area contributed by atoms with Crippen molar-refractivity contribution in [1.82, 2.24) is 0 Å². The quantitative estimate of drug-likeness (QED) is 0.836. The molecule has 0 saturated heterocycles. The normalized spacial score (nSPS) is 10.3. The average Bonchev–Trinajstić information content (AvgIpc) is 2.16. The van der Waals surface area contributed by atoms with Gasteiger partial charge in [-0.05, 0) is 30.9 Å². The van der Waals surface area contributed by atoms with Gasteiger partial charge in [0.1, 0.15) is 0 Å². The molecule has 1 N–H and O–H groups in total. The first-order valence-electron chi connectivity index (χ1n) is 4.99. The van der Waals surface area contributed by atoms with E-state index in [0.29, 0.717) is 0 Å². The van der Waals surface area contributed by atoms with Crippen LogP contribution in [0.1, 0.15) is 23.1 Å². The molecule has 1 aromatic carbocycles. The summed E-state index contributed by atoms with van der Waals surface area (Å²) in [6.45, 7) is 1.99. The Balaban J connectivity index is 2.87. The van der Waals surface area contributed by atoms with Gasteiger partial charge in [-0.1, -0.05) is 39.7 Å². The van der Waals surface area contributed by atoms with Crippen molar-refractivity contribution in [3.05, 3.63) is 34.9 Å². The number of alkyl halides is 1. The number of aryl methyl sites for hydroxylation is 2. The van der Waals surface area contributed by atoms with Crippen molar-refractivity contribution in [2.45, 2.75) is 26.2 Å². The fourth-order valence-corrected chi connectivity index (χ4v) is 1.86. The molecule has 1 rings (SSSR count). The third kappa shape index (κ3) is 4.04. The predicted molar refractivity (Wildman–Crippen MR) is 64.6 cm³/mol. The summed E-state index contributed by atoms with van der Waals surface area (Å²) in [5.41, 5.74) is 3.22. The van der Waals surface area contributed by atoms with Crippen LogP contribution in [0.3, 0.4) is 0 Å². The van der Waals surface area contributed by atoms with E-state index < -0.39 is 5.97 Å². The second-order valence-corrected chi connectivity index (χ2v) is 4.43. The molecular formula is C12H15BrO2. The summed E-state index contributed by atoms with van der Waals surface area (Å²) < 4.78 is 0. The molecule has 0 bridgehead atoms. The summed E-state index contributed by atoms with van der Waals surface area (Å²) in [4.78, 5) is 10.7. The maximum atomic E-state index is 10.7. The first kappa shape index (κ1) is 12.2. The molecule has 3 heteroatoms. The van der Waals surface area contributed by atoms with E-state index in [0.717, 1.165) is 34.9 Å². The molecule has 0 aliphatic rings. The predicted octanol–water partition coefficient (Wildman–Crippen LogP) is 2.95. The van der Waals surface area contributed by atoms with E-state index in [9.17, 15) is 4.79 Å². The standard InChI is InChI=1S/C12H15BrO2/c1-9-4-5-10(3-2-6-13)11(7-9)8-12(14)15/h4-5,7H,2-3,6,8H2,1H3,(H,14,15). The van der Waals surface area contributed by atoms with E-state index in [1.54, 1.807) is 0 Å². The fourth-order valence-electron chi connectivity index (χ4n) is 1.58. The zero-order valence-corrected chi connectivity index (χ0v) is 10.4. The third-order valence-electron chi connectivity index (χ3n) is 2.28. The van der Waals surface area contributed by atoms with Gasteiger partial charge in [-0.3, -0.25) is 4.79 Å². The summed E-state index contributed by atoms with van der Waals surface area (Å²) in [5, 5.41) is 9.75. The first-order valence-corrected chi connectivity index (χ1v) is 6.12. The maximum absolute atomic E-state index is 10.7. The van der Waals surface area contributed by atoms with Gasteiger partial charge in [-0.25, -0.2) is 0 Å². The van der Waals surface area contributed by atoms with E-state index in [1.165, 1.54) is 0 Å². The molecule has 1 aromatic rings. The minimum Gasteiger partial charge on any atom is -0.481 e.